The Labute approximate surface area is 149 Å². The predicted octanol–water partition coefficient (Wildman–Crippen LogP) is 1.43. The molecule has 0 fully saturated rings. The molecular weight excluding hydrogens is 332 g/mol. The van der Waals surface area contributed by atoms with Crippen LogP contribution in [0.2, 0.25) is 0 Å². The normalized spacial score (nSPS) is 12.9. The van der Waals surface area contributed by atoms with E-state index in [-0.39, 0.29) is 17.3 Å². The molecule has 0 radical (unpaired) electrons. The molecule has 4 aromatic rings. The molecule has 0 aliphatic carbocycles. The second kappa shape index (κ2) is 5.98. The second-order valence-corrected chi connectivity index (χ2v) is 6.59. The maximum Gasteiger partial charge on any atom is 0.332 e. The first-order valence-corrected chi connectivity index (χ1v) is 8.51. The van der Waals surface area contributed by atoms with Gasteiger partial charge in [0.1, 0.15) is 0 Å². The van der Waals surface area contributed by atoms with Gasteiger partial charge in [0.2, 0.25) is 0 Å². The maximum atomic E-state index is 12.5. The van der Waals surface area contributed by atoms with Crippen molar-refractivity contribution < 1.29 is 0 Å². The lowest BCUT2D eigenvalue weighted by Gasteiger charge is -2.15. The molecule has 134 valence electrons. The van der Waals surface area contributed by atoms with Crippen LogP contribution < -0.4 is 11.2 Å². The molecule has 0 saturated carbocycles. The average Bonchev–Trinajstić information content (AvgIpc) is 3.27. The first-order valence-electron chi connectivity index (χ1n) is 8.51. The largest absolute Gasteiger partial charge is 0.332 e. The Morgan fingerprint density at radius 2 is 1.81 bits per heavy atom. The third-order valence-electron chi connectivity index (χ3n) is 4.96. The van der Waals surface area contributed by atoms with E-state index in [1.165, 1.54) is 11.6 Å². The highest BCUT2D eigenvalue weighted by Crippen LogP contribution is 2.20. The third-order valence-corrected chi connectivity index (χ3v) is 4.96. The van der Waals surface area contributed by atoms with Crippen molar-refractivity contribution in [2.75, 3.05) is 0 Å². The smallest absolute Gasteiger partial charge is 0.328 e. The molecule has 0 spiro atoms. The summed E-state index contributed by atoms with van der Waals surface area (Å²) in [5.41, 5.74) is 2.24. The zero-order valence-electron chi connectivity index (χ0n) is 15.0. The van der Waals surface area contributed by atoms with Gasteiger partial charge in [-0.05, 0) is 25.5 Å². The summed E-state index contributed by atoms with van der Waals surface area (Å²) in [6.45, 7) is 2.75. The number of aryl methyl sites for hydroxylation is 2. The Hall–Kier alpha value is -3.16. The van der Waals surface area contributed by atoms with Crippen molar-refractivity contribution >= 4 is 22.2 Å². The Morgan fingerprint density at radius 3 is 2.62 bits per heavy atom. The molecule has 8 nitrogen and oxygen atoms in total. The number of hydrogen-bond donors (Lipinski definition) is 0. The van der Waals surface area contributed by atoms with E-state index in [1.54, 1.807) is 13.4 Å². The molecule has 0 saturated heterocycles. The molecule has 0 amide bonds. The molecule has 3 aromatic heterocycles. The van der Waals surface area contributed by atoms with E-state index in [1.807, 2.05) is 29.1 Å². The van der Waals surface area contributed by atoms with Gasteiger partial charge in [0.15, 0.2) is 11.2 Å². The van der Waals surface area contributed by atoms with E-state index in [2.05, 4.69) is 27.5 Å². The molecule has 1 unspecified atom stereocenters. The highest BCUT2D eigenvalue weighted by atomic mass is 16.2. The van der Waals surface area contributed by atoms with Crippen LogP contribution in [0.5, 0.6) is 0 Å². The van der Waals surface area contributed by atoms with Crippen molar-refractivity contribution in [3.05, 3.63) is 57.8 Å². The number of nitrogens with zero attached hydrogens (tertiary/aromatic N) is 6. The molecule has 1 atom stereocenters. The van der Waals surface area contributed by atoms with Gasteiger partial charge in [0, 0.05) is 26.7 Å². The van der Waals surface area contributed by atoms with Crippen molar-refractivity contribution in [2.45, 2.75) is 25.9 Å². The number of imidazole rings is 2. The van der Waals surface area contributed by atoms with Gasteiger partial charge in [-0.2, -0.15) is 0 Å². The Bertz CT molecular complexity index is 1230. The topological polar surface area (TPSA) is 79.6 Å². The molecule has 26 heavy (non-hydrogen) atoms. The van der Waals surface area contributed by atoms with Crippen LogP contribution in [-0.2, 0) is 20.6 Å². The second-order valence-electron chi connectivity index (χ2n) is 6.59. The molecule has 0 bridgehead atoms. The summed E-state index contributed by atoms with van der Waals surface area (Å²) in [7, 11) is 3.11. The maximum absolute atomic E-state index is 12.5. The minimum absolute atomic E-state index is 0.205. The predicted molar refractivity (Wildman–Crippen MR) is 99.3 cm³/mol. The number of aromatic nitrogens is 6. The summed E-state index contributed by atoms with van der Waals surface area (Å²) in [5, 5.41) is 0. The molecule has 0 N–H and O–H groups in total. The standard InChI is InChI=1S/C18H20N6O2/c1-12(24-11-19-13-6-4-5-7-14(13)24)8-9-23-10-20-16-15(23)17(25)22(3)18(26)21(16)2/h4-7,10-12H,8-9H2,1-3H3. The summed E-state index contributed by atoms with van der Waals surface area (Å²) in [5.74, 6) is 0. The fourth-order valence-electron chi connectivity index (χ4n) is 3.36. The van der Waals surface area contributed by atoms with Gasteiger partial charge in [0.05, 0.1) is 23.7 Å². The lowest BCUT2D eigenvalue weighted by molar-refractivity contribution is 0.477. The summed E-state index contributed by atoms with van der Waals surface area (Å²) in [6, 6.07) is 8.22. The molecular formula is C18H20N6O2. The number of para-hydroxylation sites is 2. The quantitative estimate of drug-likeness (QED) is 0.557. The van der Waals surface area contributed by atoms with Gasteiger partial charge in [0.25, 0.3) is 5.56 Å². The zero-order valence-corrected chi connectivity index (χ0v) is 15.0. The van der Waals surface area contributed by atoms with Crippen molar-refractivity contribution in [3.63, 3.8) is 0 Å². The fourth-order valence-corrected chi connectivity index (χ4v) is 3.36. The van der Waals surface area contributed by atoms with Crippen LogP contribution in [0, 0.1) is 0 Å². The van der Waals surface area contributed by atoms with Gasteiger partial charge >= 0.3 is 5.69 Å². The Kier molecular flexibility index (Phi) is 3.75. The van der Waals surface area contributed by atoms with Gasteiger partial charge in [-0.15, -0.1) is 0 Å². The monoisotopic (exact) mass is 352 g/mol. The third kappa shape index (κ3) is 2.37. The molecule has 4 rings (SSSR count). The summed E-state index contributed by atoms with van der Waals surface area (Å²) in [6.07, 6.45) is 4.28. The number of rotatable bonds is 4. The minimum Gasteiger partial charge on any atom is -0.328 e. The van der Waals surface area contributed by atoms with Gasteiger partial charge in [-0.25, -0.2) is 14.8 Å². The minimum atomic E-state index is -0.369. The first-order chi connectivity index (χ1) is 12.5. The molecule has 1 aromatic carbocycles. The van der Waals surface area contributed by atoms with E-state index in [0.29, 0.717) is 17.7 Å². The number of fused-ring (bicyclic) bond motifs is 2. The van der Waals surface area contributed by atoms with Gasteiger partial charge < -0.3 is 9.13 Å². The fraction of sp³-hybridized carbons (Fsp3) is 0.333. The van der Waals surface area contributed by atoms with Crippen LogP contribution in [0.3, 0.4) is 0 Å². The van der Waals surface area contributed by atoms with E-state index in [4.69, 9.17) is 0 Å². The number of benzene rings is 1. The molecule has 3 heterocycles. The summed E-state index contributed by atoms with van der Waals surface area (Å²) < 4.78 is 6.49. The average molecular weight is 352 g/mol. The summed E-state index contributed by atoms with van der Waals surface area (Å²) in [4.78, 5) is 33.2. The van der Waals surface area contributed by atoms with Gasteiger partial charge in [-0.1, -0.05) is 12.1 Å². The van der Waals surface area contributed by atoms with Crippen LogP contribution in [0.1, 0.15) is 19.4 Å². The zero-order chi connectivity index (χ0) is 18.4. The Balaban J connectivity index is 1.66. The van der Waals surface area contributed by atoms with Crippen LogP contribution in [0.15, 0.2) is 46.5 Å². The lowest BCUT2D eigenvalue weighted by Crippen LogP contribution is -2.37. The van der Waals surface area contributed by atoms with E-state index in [0.717, 1.165) is 22.0 Å². The van der Waals surface area contributed by atoms with Crippen molar-refractivity contribution in [2.24, 2.45) is 14.1 Å². The van der Waals surface area contributed by atoms with E-state index >= 15 is 0 Å². The highest BCUT2D eigenvalue weighted by Gasteiger charge is 2.15. The van der Waals surface area contributed by atoms with Crippen molar-refractivity contribution in [1.29, 1.82) is 0 Å². The molecule has 0 aliphatic heterocycles. The summed E-state index contributed by atoms with van der Waals surface area (Å²) >= 11 is 0. The molecule has 8 heteroatoms. The Morgan fingerprint density at radius 1 is 1.04 bits per heavy atom. The first kappa shape index (κ1) is 16.3. The van der Waals surface area contributed by atoms with Crippen molar-refractivity contribution in [1.82, 2.24) is 28.2 Å². The lowest BCUT2D eigenvalue weighted by atomic mass is 10.2. The van der Waals surface area contributed by atoms with Crippen molar-refractivity contribution in [3.8, 4) is 0 Å². The number of hydrogen-bond acceptors (Lipinski definition) is 4. The van der Waals surface area contributed by atoms with Crippen LogP contribution in [-0.4, -0.2) is 28.2 Å². The highest BCUT2D eigenvalue weighted by molar-refractivity contribution is 5.75. The SMILES string of the molecule is CC(CCn1cnc2c1c(=O)n(C)c(=O)n2C)n1cnc2ccccc21. The van der Waals surface area contributed by atoms with Crippen LogP contribution >= 0.6 is 0 Å². The van der Waals surface area contributed by atoms with Crippen LogP contribution in [0.4, 0.5) is 0 Å². The molecule has 0 aliphatic rings. The van der Waals surface area contributed by atoms with E-state index < -0.39 is 0 Å². The van der Waals surface area contributed by atoms with E-state index in [9.17, 15) is 9.59 Å². The van der Waals surface area contributed by atoms with Gasteiger partial charge in [-0.3, -0.25) is 13.9 Å². The van der Waals surface area contributed by atoms with Crippen LogP contribution in [0.25, 0.3) is 22.2 Å².